The standard InChI is InChI=1S/C11H12BrNO2/c12-10-3-1-2-8-6-9(15-11(8)10)7-13-4-5-14/h1-3,6,13-14H,4-5,7H2. The summed E-state index contributed by atoms with van der Waals surface area (Å²) in [5.74, 6) is 0.880. The van der Waals surface area contributed by atoms with Crippen LogP contribution in [0, 0.1) is 0 Å². The minimum absolute atomic E-state index is 0.143. The monoisotopic (exact) mass is 269 g/mol. The summed E-state index contributed by atoms with van der Waals surface area (Å²) >= 11 is 3.44. The quantitative estimate of drug-likeness (QED) is 0.838. The molecule has 0 aliphatic carbocycles. The normalized spacial score (nSPS) is 11.1. The van der Waals surface area contributed by atoms with E-state index in [9.17, 15) is 0 Å². The number of halogens is 1. The number of aliphatic hydroxyl groups is 1. The topological polar surface area (TPSA) is 45.4 Å². The van der Waals surface area contributed by atoms with Gasteiger partial charge in [-0.15, -0.1) is 0 Å². The molecule has 4 heteroatoms. The van der Waals surface area contributed by atoms with Crippen LogP contribution in [-0.4, -0.2) is 18.3 Å². The number of furan rings is 1. The van der Waals surface area contributed by atoms with Gasteiger partial charge in [-0.2, -0.15) is 0 Å². The second kappa shape index (κ2) is 4.79. The molecule has 1 aromatic carbocycles. The number of hydrogen-bond donors (Lipinski definition) is 2. The molecule has 1 aromatic heterocycles. The predicted molar refractivity (Wildman–Crippen MR) is 62.7 cm³/mol. The number of fused-ring (bicyclic) bond motifs is 1. The van der Waals surface area contributed by atoms with Crippen LogP contribution in [-0.2, 0) is 6.54 Å². The second-order valence-corrected chi connectivity index (χ2v) is 4.13. The van der Waals surface area contributed by atoms with Crippen molar-refractivity contribution in [1.29, 1.82) is 0 Å². The van der Waals surface area contributed by atoms with Gasteiger partial charge in [-0.3, -0.25) is 0 Å². The lowest BCUT2D eigenvalue weighted by atomic mass is 10.2. The van der Waals surface area contributed by atoms with E-state index in [0.717, 1.165) is 21.2 Å². The Morgan fingerprint density at radius 2 is 2.27 bits per heavy atom. The minimum atomic E-state index is 0.143. The van der Waals surface area contributed by atoms with Crippen molar-refractivity contribution in [1.82, 2.24) is 5.32 Å². The van der Waals surface area contributed by atoms with Crippen molar-refractivity contribution in [2.75, 3.05) is 13.2 Å². The van der Waals surface area contributed by atoms with Crippen LogP contribution in [0.25, 0.3) is 11.0 Å². The molecule has 1 heterocycles. The van der Waals surface area contributed by atoms with Gasteiger partial charge < -0.3 is 14.8 Å². The lowest BCUT2D eigenvalue weighted by molar-refractivity contribution is 0.290. The maximum atomic E-state index is 8.63. The first-order valence-corrected chi connectivity index (χ1v) is 5.59. The van der Waals surface area contributed by atoms with Gasteiger partial charge in [0, 0.05) is 11.9 Å². The lowest BCUT2D eigenvalue weighted by Gasteiger charge is -1.97. The summed E-state index contributed by atoms with van der Waals surface area (Å²) in [5, 5.41) is 12.8. The molecule has 0 fully saturated rings. The first-order chi connectivity index (χ1) is 7.31. The van der Waals surface area contributed by atoms with Crippen molar-refractivity contribution in [2.45, 2.75) is 6.54 Å². The van der Waals surface area contributed by atoms with Crippen molar-refractivity contribution in [3.8, 4) is 0 Å². The molecule has 0 aliphatic rings. The zero-order valence-electron chi connectivity index (χ0n) is 8.16. The molecule has 2 rings (SSSR count). The van der Waals surface area contributed by atoms with Crippen molar-refractivity contribution in [2.24, 2.45) is 0 Å². The fraction of sp³-hybridized carbons (Fsp3) is 0.273. The van der Waals surface area contributed by atoms with Gasteiger partial charge in [-0.1, -0.05) is 12.1 Å². The van der Waals surface area contributed by atoms with E-state index in [1.165, 1.54) is 0 Å². The average Bonchev–Trinajstić information content (AvgIpc) is 2.63. The Morgan fingerprint density at radius 3 is 3.00 bits per heavy atom. The SMILES string of the molecule is OCCNCc1cc2cccc(Br)c2o1. The lowest BCUT2D eigenvalue weighted by Crippen LogP contribution is -2.16. The molecule has 0 radical (unpaired) electrons. The van der Waals surface area contributed by atoms with E-state index in [1.807, 2.05) is 24.3 Å². The van der Waals surface area contributed by atoms with Gasteiger partial charge in [0.15, 0.2) is 0 Å². The van der Waals surface area contributed by atoms with Gasteiger partial charge in [0.1, 0.15) is 11.3 Å². The van der Waals surface area contributed by atoms with Gasteiger partial charge in [0.2, 0.25) is 0 Å². The van der Waals surface area contributed by atoms with E-state index in [1.54, 1.807) is 0 Å². The molecule has 0 amide bonds. The molecule has 0 atom stereocenters. The summed E-state index contributed by atoms with van der Waals surface area (Å²) in [5.41, 5.74) is 0.873. The Labute approximate surface area is 96.2 Å². The second-order valence-electron chi connectivity index (χ2n) is 3.27. The third-order valence-electron chi connectivity index (χ3n) is 2.13. The molecule has 15 heavy (non-hydrogen) atoms. The highest BCUT2D eigenvalue weighted by molar-refractivity contribution is 9.10. The summed E-state index contributed by atoms with van der Waals surface area (Å²) in [6.45, 7) is 1.36. The minimum Gasteiger partial charge on any atom is -0.459 e. The molecule has 0 spiro atoms. The number of aliphatic hydroxyl groups excluding tert-OH is 1. The van der Waals surface area contributed by atoms with Crippen LogP contribution in [0.15, 0.2) is 33.2 Å². The number of para-hydroxylation sites is 1. The molecular formula is C11H12BrNO2. The van der Waals surface area contributed by atoms with Gasteiger partial charge in [-0.25, -0.2) is 0 Å². The molecule has 0 saturated carbocycles. The first-order valence-electron chi connectivity index (χ1n) is 4.80. The molecule has 3 nitrogen and oxygen atoms in total. The molecule has 0 unspecified atom stereocenters. The third-order valence-corrected chi connectivity index (χ3v) is 2.76. The highest BCUT2D eigenvalue weighted by Gasteiger charge is 2.05. The zero-order valence-corrected chi connectivity index (χ0v) is 9.75. The van der Waals surface area contributed by atoms with Gasteiger partial charge >= 0.3 is 0 Å². The molecule has 0 saturated heterocycles. The van der Waals surface area contributed by atoms with E-state index in [0.29, 0.717) is 13.1 Å². The van der Waals surface area contributed by atoms with Crippen molar-refractivity contribution < 1.29 is 9.52 Å². The molecule has 2 N–H and O–H groups in total. The van der Waals surface area contributed by atoms with Crippen molar-refractivity contribution >= 4 is 26.9 Å². The average molecular weight is 270 g/mol. The van der Waals surface area contributed by atoms with Crippen LogP contribution in [0.1, 0.15) is 5.76 Å². The number of hydrogen-bond acceptors (Lipinski definition) is 3. The smallest absolute Gasteiger partial charge is 0.148 e. The van der Waals surface area contributed by atoms with Gasteiger partial charge in [0.25, 0.3) is 0 Å². The molecule has 2 aromatic rings. The number of benzene rings is 1. The highest BCUT2D eigenvalue weighted by Crippen LogP contribution is 2.26. The Morgan fingerprint density at radius 1 is 1.40 bits per heavy atom. The highest BCUT2D eigenvalue weighted by atomic mass is 79.9. The van der Waals surface area contributed by atoms with Crippen molar-refractivity contribution in [3.05, 3.63) is 34.5 Å². The Bertz CT molecular complexity index is 453. The fourth-order valence-corrected chi connectivity index (χ4v) is 1.92. The van der Waals surface area contributed by atoms with E-state index < -0.39 is 0 Å². The van der Waals surface area contributed by atoms with Gasteiger partial charge in [-0.05, 0) is 28.1 Å². The first kappa shape index (κ1) is 10.7. The van der Waals surface area contributed by atoms with Crippen LogP contribution >= 0.6 is 15.9 Å². The number of rotatable bonds is 4. The van der Waals surface area contributed by atoms with Crippen LogP contribution in [0.3, 0.4) is 0 Å². The Balaban J connectivity index is 2.20. The Hall–Kier alpha value is -0.840. The summed E-state index contributed by atoms with van der Waals surface area (Å²) in [4.78, 5) is 0. The van der Waals surface area contributed by atoms with E-state index in [4.69, 9.17) is 9.52 Å². The summed E-state index contributed by atoms with van der Waals surface area (Å²) in [6.07, 6.45) is 0. The predicted octanol–water partition coefficient (Wildman–Crippen LogP) is 2.28. The van der Waals surface area contributed by atoms with E-state index >= 15 is 0 Å². The Kier molecular flexibility index (Phi) is 3.41. The molecule has 0 bridgehead atoms. The summed E-state index contributed by atoms with van der Waals surface area (Å²) < 4.78 is 6.62. The van der Waals surface area contributed by atoms with E-state index in [2.05, 4.69) is 21.2 Å². The van der Waals surface area contributed by atoms with Crippen LogP contribution in [0.2, 0.25) is 0 Å². The van der Waals surface area contributed by atoms with E-state index in [-0.39, 0.29) is 6.61 Å². The fourth-order valence-electron chi connectivity index (χ4n) is 1.46. The zero-order chi connectivity index (χ0) is 10.7. The maximum absolute atomic E-state index is 8.63. The van der Waals surface area contributed by atoms with Crippen LogP contribution in [0.5, 0.6) is 0 Å². The van der Waals surface area contributed by atoms with Crippen LogP contribution in [0.4, 0.5) is 0 Å². The molecule has 0 aliphatic heterocycles. The number of nitrogens with one attached hydrogen (secondary N) is 1. The maximum Gasteiger partial charge on any atom is 0.148 e. The molecule has 80 valence electrons. The summed E-state index contributed by atoms with van der Waals surface area (Å²) in [7, 11) is 0. The van der Waals surface area contributed by atoms with Gasteiger partial charge in [0.05, 0.1) is 17.6 Å². The third kappa shape index (κ3) is 2.40. The largest absolute Gasteiger partial charge is 0.459 e. The summed E-state index contributed by atoms with van der Waals surface area (Å²) in [6, 6.07) is 7.95. The van der Waals surface area contributed by atoms with Crippen molar-refractivity contribution in [3.63, 3.8) is 0 Å². The van der Waals surface area contributed by atoms with Crippen LogP contribution < -0.4 is 5.32 Å². The molecular weight excluding hydrogens is 258 g/mol.